The van der Waals surface area contributed by atoms with Crippen LogP contribution in [0, 0.1) is 17.3 Å². The minimum absolute atomic E-state index is 0.0119. The molecule has 2 aromatic carbocycles. The van der Waals surface area contributed by atoms with E-state index in [4.69, 9.17) is 4.74 Å². The number of fused-ring (bicyclic) bond motifs is 3. The zero-order valence-electron chi connectivity index (χ0n) is 17.9. The Morgan fingerprint density at radius 2 is 1.74 bits per heavy atom. The number of carbonyl (C=O) groups is 2. The first kappa shape index (κ1) is 20.1. The monoisotopic (exact) mass is 419 g/mol. The molecule has 3 unspecified atom stereocenters. The van der Waals surface area contributed by atoms with Crippen molar-refractivity contribution in [1.82, 2.24) is 4.90 Å². The van der Waals surface area contributed by atoms with Gasteiger partial charge in [-0.1, -0.05) is 68.3 Å². The van der Waals surface area contributed by atoms with Gasteiger partial charge in [0.25, 0.3) is 0 Å². The van der Waals surface area contributed by atoms with Crippen LogP contribution < -0.4 is 0 Å². The molecule has 0 aromatic heterocycles. The summed E-state index contributed by atoms with van der Waals surface area (Å²) >= 11 is 0. The number of carboxylic acids is 1. The van der Waals surface area contributed by atoms with E-state index in [0.29, 0.717) is 12.5 Å². The number of likely N-dealkylation sites (tertiary alicyclic amines) is 1. The van der Waals surface area contributed by atoms with Crippen LogP contribution in [0.5, 0.6) is 0 Å². The summed E-state index contributed by atoms with van der Waals surface area (Å²) in [7, 11) is 0. The molecule has 3 aliphatic rings. The van der Waals surface area contributed by atoms with Crippen molar-refractivity contribution in [2.24, 2.45) is 17.3 Å². The van der Waals surface area contributed by atoms with Crippen molar-refractivity contribution in [3.63, 3.8) is 0 Å². The number of nitrogens with zero attached hydrogens (tertiary/aromatic N) is 1. The predicted molar refractivity (Wildman–Crippen MR) is 118 cm³/mol. The molecular formula is C26H29NO4. The molecule has 1 saturated heterocycles. The molecule has 1 heterocycles. The summed E-state index contributed by atoms with van der Waals surface area (Å²) in [6.07, 6.45) is 3.53. The SMILES string of the molecule is CC1CCCC2(C1)CN(C(=O)OCC1c3ccccc3-c3ccccc31)CC2C(=O)O. The second kappa shape index (κ2) is 7.70. The second-order valence-electron chi connectivity index (χ2n) is 9.64. The molecule has 162 valence electrons. The molecule has 1 spiro atoms. The zero-order chi connectivity index (χ0) is 21.6. The maximum atomic E-state index is 13.0. The molecular weight excluding hydrogens is 390 g/mol. The lowest BCUT2D eigenvalue weighted by atomic mass is 9.65. The molecule has 1 aliphatic heterocycles. The van der Waals surface area contributed by atoms with E-state index >= 15 is 0 Å². The third kappa shape index (κ3) is 3.40. The summed E-state index contributed by atoms with van der Waals surface area (Å²) < 4.78 is 5.81. The van der Waals surface area contributed by atoms with Crippen LogP contribution in [0.15, 0.2) is 48.5 Å². The van der Waals surface area contributed by atoms with Gasteiger partial charge in [0.1, 0.15) is 6.61 Å². The van der Waals surface area contributed by atoms with Crippen molar-refractivity contribution in [2.45, 2.75) is 38.5 Å². The topological polar surface area (TPSA) is 66.8 Å². The number of rotatable bonds is 3. The minimum atomic E-state index is -0.789. The molecule has 5 nitrogen and oxygen atoms in total. The Balaban J connectivity index is 1.32. The van der Waals surface area contributed by atoms with E-state index in [1.165, 1.54) is 22.3 Å². The molecule has 2 aromatic rings. The van der Waals surface area contributed by atoms with Crippen LogP contribution in [0.25, 0.3) is 11.1 Å². The maximum Gasteiger partial charge on any atom is 0.409 e. The number of hydrogen-bond donors (Lipinski definition) is 1. The molecule has 5 rings (SSSR count). The van der Waals surface area contributed by atoms with Gasteiger partial charge in [-0.25, -0.2) is 4.79 Å². The van der Waals surface area contributed by atoms with Crippen LogP contribution >= 0.6 is 0 Å². The van der Waals surface area contributed by atoms with Crippen molar-refractivity contribution in [1.29, 1.82) is 0 Å². The molecule has 1 amide bonds. The van der Waals surface area contributed by atoms with Gasteiger partial charge in [-0.3, -0.25) is 4.79 Å². The Labute approximate surface area is 183 Å². The summed E-state index contributed by atoms with van der Waals surface area (Å²) in [4.78, 5) is 26.7. The quantitative estimate of drug-likeness (QED) is 0.747. The predicted octanol–water partition coefficient (Wildman–Crippen LogP) is 5.15. The van der Waals surface area contributed by atoms with Gasteiger partial charge >= 0.3 is 12.1 Å². The fourth-order valence-electron chi connectivity index (χ4n) is 6.29. The van der Waals surface area contributed by atoms with Gasteiger partial charge in [-0.2, -0.15) is 0 Å². The molecule has 2 aliphatic carbocycles. The zero-order valence-corrected chi connectivity index (χ0v) is 17.9. The fraction of sp³-hybridized carbons (Fsp3) is 0.462. The van der Waals surface area contributed by atoms with Crippen molar-refractivity contribution >= 4 is 12.1 Å². The van der Waals surface area contributed by atoms with E-state index in [1.807, 2.05) is 24.3 Å². The van der Waals surface area contributed by atoms with E-state index in [0.717, 1.165) is 25.7 Å². The van der Waals surface area contributed by atoms with E-state index in [2.05, 4.69) is 31.2 Å². The normalized spacial score (nSPS) is 27.2. The summed E-state index contributed by atoms with van der Waals surface area (Å²) in [5.41, 5.74) is 4.44. The Morgan fingerprint density at radius 3 is 2.35 bits per heavy atom. The lowest BCUT2D eigenvalue weighted by molar-refractivity contribution is -0.145. The number of benzene rings is 2. The van der Waals surface area contributed by atoms with Crippen LogP contribution in [0.4, 0.5) is 4.79 Å². The second-order valence-corrected chi connectivity index (χ2v) is 9.64. The maximum absolute atomic E-state index is 13.0. The van der Waals surface area contributed by atoms with Crippen LogP contribution in [-0.4, -0.2) is 41.8 Å². The van der Waals surface area contributed by atoms with Gasteiger partial charge < -0.3 is 14.7 Å². The fourth-order valence-corrected chi connectivity index (χ4v) is 6.29. The molecule has 0 bridgehead atoms. The van der Waals surface area contributed by atoms with Crippen molar-refractivity contribution in [3.8, 4) is 11.1 Å². The standard InChI is InChI=1S/C26H29NO4/c1-17-7-6-12-26(13-17)16-27(14-23(26)24(28)29)25(30)31-15-22-20-10-4-2-8-18(20)19-9-3-5-11-21(19)22/h2-5,8-11,17,22-23H,6-7,12-16H2,1H3,(H,28,29). The Morgan fingerprint density at radius 1 is 1.10 bits per heavy atom. The van der Waals surface area contributed by atoms with Gasteiger partial charge in [0.15, 0.2) is 0 Å². The van der Waals surface area contributed by atoms with Crippen LogP contribution in [-0.2, 0) is 9.53 Å². The Kier molecular flexibility index (Phi) is 4.99. The molecule has 0 radical (unpaired) electrons. The lowest BCUT2D eigenvalue weighted by Crippen LogP contribution is -2.39. The first-order valence-corrected chi connectivity index (χ1v) is 11.3. The smallest absolute Gasteiger partial charge is 0.409 e. The third-order valence-electron chi connectivity index (χ3n) is 7.67. The third-order valence-corrected chi connectivity index (χ3v) is 7.67. The highest BCUT2D eigenvalue weighted by molar-refractivity contribution is 5.79. The highest BCUT2D eigenvalue weighted by atomic mass is 16.6. The number of hydrogen-bond acceptors (Lipinski definition) is 3. The molecule has 31 heavy (non-hydrogen) atoms. The van der Waals surface area contributed by atoms with E-state index in [-0.39, 0.29) is 30.6 Å². The van der Waals surface area contributed by atoms with E-state index < -0.39 is 11.9 Å². The average molecular weight is 420 g/mol. The molecule has 5 heteroatoms. The first-order chi connectivity index (χ1) is 15.0. The number of carboxylic acid groups (broad SMARTS) is 1. The molecule has 3 atom stereocenters. The Hall–Kier alpha value is -2.82. The summed E-state index contributed by atoms with van der Waals surface area (Å²) in [6, 6.07) is 16.5. The van der Waals surface area contributed by atoms with Gasteiger partial charge in [0.2, 0.25) is 0 Å². The average Bonchev–Trinajstić information content (AvgIpc) is 3.28. The Bertz CT molecular complexity index is 972. The van der Waals surface area contributed by atoms with Crippen LogP contribution in [0.3, 0.4) is 0 Å². The van der Waals surface area contributed by atoms with Gasteiger partial charge in [-0.05, 0) is 41.0 Å². The minimum Gasteiger partial charge on any atom is -0.481 e. The molecule has 2 fully saturated rings. The largest absolute Gasteiger partial charge is 0.481 e. The van der Waals surface area contributed by atoms with Crippen LogP contribution in [0.2, 0.25) is 0 Å². The van der Waals surface area contributed by atoms with Crippen molar-refractivity contribution in [3.05, 3.63) is 59.7 Å². The van der Waals surface area contributed by atoms with Gasteiger partial charge in [-0.15, -0.1) is 0 Å². The molecule has 1 saturated carbocycles. The number of amides is 1. The highest BCUT2D eigenvalue weighted by Gasteiger charge is 2.53. The number of aliphatic carboxylic acids is 1. The summed E-state index contributed by atoms with van der Waals surface area (Å²) in [5.74, 6) is -0.783. The van der Waals surface area contributed by atoms with Crippen molar-refractivity contribution < 1.29 is 19.4 Å². The summed E-state index contributed by atoms with van der Waals surface area (Å²) in [5, 5.41) is 9.86. The highest BCUT2D eigenvalue weighted by Crippen LogP contribution is 2.50. The van der Waals surface area contributed by atoms with E-state index in [9.17, 15) is 14.7 Å². The number of ether oxygens (including phenoxy) is 1. The summed E-state index contributed by atoms with van der Waals surface area (Å²) in [6.45, 7) is 3.20. The van der Waals surface area contributed by atoms with Gasteiger partial charge in [0, 0.05) is 24.4 Å². The van der Waals surface area contributed by atoms with Gasteiger partial charge in [0.05, 0.1) is 5.92 Å². The van der Waals surface area contributed by atoms with Crippen LogP contribution in [0.1, 0.15) is 49.7 Å². The lowest BCUT2D eigenvalue weighted by Gasteiger charge is -2.39. The van der Waals surface area contributed by atoms with E-state index in [1.54, 1.807) is 4.90 Å². The van der Waals surface area contributed by atoms with Crippen molar-refractivity contribution in [2.75, 3.05) is 19.7 Å². The molecule has 1 N–H and O–H groups in total. The number of carbonyl (C=O) groups excluding carboxylic acids is 1. The first-order valence-electron chi connectivity index (χ1n) is 11.3.